The van der Waals surface area contributed by atoms with E-state index in [1.807, 2.05) is 0 Å². The highest BCUT2D eigenvalue weighted by Crippen LogP contribution is 2.40. The van der Waals surface area contributed by atoms with Gasteiger partial charge in [-0.1, -0.05) is 115 Å². The lowest BCUT2D eigenvalue weighted by atomic mass is 9.90. The zero-order valence-corrected chi connectivity index (χ0v) is 26.7. The Morgan fingerprint density at radius 1 is 0.333 bits per heavy atom. The molecule has 0 fully saturated rings. The Morgan fingerprint density at radius 2 is 0.854 bits per heavy atom. The molecule has 4 aliphatic rings. The number of hydrogen-bond acceptors (Lipinski definition) is 0. The number of benzene rings is 7. The molecule has 4 bridgehead atoms. The van der Waals surface area contributed by atoms with Crippen molar-refractivity contribution in [1.29, 1.82) is 0 Å². The molecule has 4 aliphatic carbocycles. The summed E-state index contributed by atoms with van der Waals surface area (Å²) in [5, 5.41) is 5.10. The number of hydrogen-bond donors (Lipinski definition) is 0. The van der Waals surface area contributed by atoms with Crippen molar-refractivity contribution in [1.82, 2.24) is 9.13 Å². The van der Waals surface area contributed by atoms with Gasteiger partial charge in [-0.3, -0.25) is 0 Å². The number of rotatable bonds is 3. The molecule has 0 saturated heterocycles. The van der Waals surface area contributed by atoms with Crippen molar-refractivity contribution in [2.24, 2.45) is 0 Å². The van der Waals surface area contributed by atoms with Crippen LogP contribution in [-0.2, 0) is 25.7 Å². The predicted octanol–water partition coefficient (Wildman–Crippen LogP) is 11.4. The average molecular weight is 615 g/mol. The molecule has 2 heterocycles. The van der Waals surface area contributed by atoms with E-state index >= 15 is 0 Å². The largest absolute Gasteiger partial charge is 0.309 e. The Morgan fingerprint density at radius 3 is 1.56 bits per heavy atom. The minimum absolute atomic E-state index is 1.01. The Kier molecular flexibility index (Phi) is 6.17. The molecule has 0 radical (unpaired) electrons. The van der Waals surface area contributed by atoms with Crippen molar-refractivity contribution in [3.8, 4) is 22.5 Å². The van der Waals surface area contributed by atoms with E-state index in [-0.39, 0.29) is 0 Å². The van der Waals surface area contributed by atoms with Crippen LogP contribution in [0.2, 0.25) is 0 Å². The van der Waals surface area contributed by atoms with Crippen molar-refractivity contribution < 1.29 is 0 Å². The molecule has 9 aromatic rings. The number of aryl methyl sites for hydroxylation is 4. The summed E-state index contributed by atoms with van der Waals surface area (Å²) in [4.78, 5) is 0. The lowest BCUT2D eigenvalue weighted by molar-refractivity contribution is 0.923. The summed E-state index contributed by atoms with van der Waals surface area (Å²) in [5.41, 5.74) is 15.6. The molecular weight excluding hydrogens is 581 g/mol. The van der Waals surface area contributed by atoms with Crippen LogP contribution < -0.4 is 0 Å². The SMILES string of the molecule is c1ccc(-n2c3ccccc3c3cc(-n4c5ccccc5c5ccccc54)ccc32)c(-c2cc3ccc2CCc2ccc(cc2)CC3)c1. The highest BCUT2D eigenvalue weighted by atomic mass is 15.0. The van der Waals surface area contributed by atoms with Gasteiger partial charge < -0.3 is 9.13 Å². The third kappa shape index (κ3) is 4.26. The second-order valence-electron chi connectivity index (χ2n) is 13.2. The first kappa shape index (κ1) is 27.3. The summed E-state index contributed by atoms with van der Waals surface area (Å²) in [7, 11) is 0. The van der Waals surface area contributed by atoms with Crippen LogP contribution in [0.4, 0.5) is 0 Å². The van der Waals surface area contributed by atoms with E-state index in [0.717, 1.165) is 25.7 Å². The zero-order valence-electron chi connectivity index (χ0n) is 26.7. The van der Waals surface area contributed by atoms with Gasteiger partial charge in [-0.2, -0.15) is 0 Å². The molecule has 2 heteroatoms. The molecule has 2 aromatic heterocycles. The monoisotopic (exact) mass is 614 g/mol. The van der Waals surface area contributed by atoms with Crippen LogP contribution in [-0.4, -0.2) is 9.13 Å². The maximum Gasteiger partial charge on any atom is 0.0542 e. The van der Waals surface area contributed by atoms with Crippen molar-refractivity contribution in [3.63, 3.8) is 0 Å². The summed E-state index contributed by atoms with van der Waals surface area (Å²) in [5.74, 6) is 0. The maximum atomic E-state index is 2.49. The molecule has 0 spiro atoms. The highest BCUT2D eigenvalue weighted by molar-refractivity contribution is 6.12. The molecule has 228 valence electrons. The Balaban J connectivity index is 1.19. The van der Waals surface area contributed by atoms with Gasteiger partial charge in [0.25, 0.3) is 0 Å². The van der Waals surface area contributed by atoms with E-state index < -0.39 is 0 Å². The Bertz CT molecular complexity index is 2610. The fraction of sp³-hybridized carbons (Fsp3) is 0.0870. The van der Waals surface area contributed by atoms with Gasteiger partial charge in [0, 0.05) is 32.8 Å². The van der Waals surface area contributed by atoms with E-state index in [2.05, 4.69) is 167 Å². The predicted molar refractivity (Wildman–Crippen MR) is 202 cm³/mol. The van der Waals surface area contributed by atoms with Crippen LogP contribution in [0.5, 0.6) is 0 Å². The third-order valence-corrected chi connectivity index (χ3v) is 10.5. The number of para-hydroxylation sites is 4. The van der Waals surface area contributed by atoms with E-state index in [0.29, 0.717) is 0 Å². The molecule has 0 atom stereocenters. The van der Waals surface area contributed by atoms with Gasteiger partial charge in [0.15, 0.2) is 0 Å². The fourth-order valence-corrected chi connectivity index (χ4v) is 8.14. The van der Waals surface area contributed by atoms with Crippen molar-refractivity contribution in [2.45, 2.75) is 25.7 Å². The van der Waals surface area contributed by atoms with Gasteiger partial charge in [-0.05, 0) is 96.0 Å². The van der Waals surface area contributed by atoms with E-state index in [1.54, 1.807) is 0 Å². The van der Waals surface area contributed by atoms with Crippen molar-refractivity contribution >= 4 is 43.6 Å². The Hall–Kier alpha value is -5.86. The van der Waals surface area contributed by atoms with E-state index in [4.69, 9.17) is 0 Å². The summed E-state index contributed by atoms with van der Waals surface area (Å²) >= 11 is 0. The van der Waals surface area contributed by atoms with Crippen LogP contribution >= 0.6 is 0 Å². The minimum atomic E-state index is 1.01. The van der Waals surface area contributed by atoms with Gasteiger partial charge >= 0.3 is 0 Å². The van der Waals surface area contributed by atoms with Gasteiger partial charge in [-0.15, -0.1) is 0 Å². The second kappa shape index (κ2) is 10.9. The quantitative estimate of drug-likeness (QED) is 0.187. The maximum absolute atomic E-state index is 2.49. The molecule has 0 amide bonds. The summed E-state index contributed by atoms with van der Waals surface area (Å²) in [6.45, 7) is 0. The van der Waals surface area contributed by atoms with Crippen molar-refractivity contribution in [2.75, 3.05) is 0 Å². The van der Waals surface area contributed by atoms with Crippen LogP contribution in [0.15, 0.2) is 158 Å². The molecule has 0 N–H and O–H groups in total. The lowest BCUT2D eigenvalue weighted by Gasteiger charge is -2.19. The van der Waals surface area contributed by atoms with E-state index in [1.165, 1.54) is 88.4 Å². The molecule has 13 rings (SSSR count). The summed E-state index contributed by atoms with van der Waals surface area (Å²) in [6.07, 6.45) is 4.14. The first-order valence-corrected chi connectivity index (χ1v) is 17.1. The first-order chi connectivity index (χ1) is 23.8. The van der Waals surface area contributed by atoms with Gasteiger partial charge in [0.05, 0.1) is 27.8 Å². The minimum Gasteiger partial charge on any atom is -0.309 e. The molecule has 0 saturated carbocycles. The summed E-state index contributed by atoms with van der Waals surface area (Å²) in [6, 6.07) is 58.9. The second-order valence-corrected chi connectivity index (χ2v) is 13.2. The number of nitrogens with zero attached hydrogens (tertiary/aromatic N) is 2. The van der Waals surface area contributed by atoms with Gasteiger partial charge in [0.1, 0.15) is 0 Å². The first-order valence-electron chi connectivity index (χ1n) is 17.1. The van der Waals surface area contributed by atoms with E-state index in [9.17, 15) is 0 Å². The van der Waals surface area contributed by atoms with Gasteiger partial charge in [-0.25, -0.2) is 0 Å². The molecule has 48 heavy (non-hydrogen) atoms. The third-order valence-electron chi connectivity index (χ3n) is 10.5. The molecular formula is C46H34N2. The lowest BCUT2D eigenvalue weighted by Crippen LogP contribution is -2.03. The molecule has 2 nitrogen and oxygen atoms in total. The topological polar surface area (TPSA) is 9.86 Å². The Labute approximate surface area is 280 Å². The number of aromatic nitrogens is 2. The molecule has 0 unspecified atom stereocenters. The molecule has 7 aromatic carbocycles. The van der Waals surface area contributed by atoms with Crippen LogP contribution in [0, 0.1) is 0 Å². The highest BCUT2D eigenvalue weighted by Gasteiger charge is 2.19. The average Bonchev–Trinajstić information content (AvgIpc) is 3.65. The number of fused-ring (bicyclic) bond motifs is 6. The smallest absolute Gasteiger partial charge is 0.0542 e. The van der Waals surface area contributed by atoms with Crippen LogP contribution in [0.1, 0.15) is 22.3 Å². The van der Waals surface area contributed by atoms with Crippen molar-refractivity contribution in [3.05, 3.63) is 180 Å². The fourth-order valence-electron chi connectivity index (χ4n) is 8.14. The zero-order chi connectivity index (χ0) is 31.6. The normalized spacial score (nSPS) is 13.1. The summed E-state index contributed by atoms with van der Waals surface area (Å²) < 4.78 is 4.91. The van der Waals surface area contributed by atoms with Crippen LogP contribution in [0.3, 0.4) is 0 Å². The van der Waals surface area contributed by atoms with Gasteiger partial charge in [0.2, 0.25) is 0 Å². The molecule has 0 aliphatic heterocycles. The van der Waals surface area contributed by atoms with Crippen LogP contribution in [0.25, 0.3) is 66.1 Å². The standard InChI is InChI=1S/C46H34N2/c1-5-13-42-36(9-1)37-10-2-6-14-43(37)47(42)35-27-28-46-41(30-35)39-12-4-8-16-45(39)48(46)44-15-7-3-11-38(44)40-29-33-22-21-31-17-19-32(20-18-31)23-25-34(40)26-24-33/h1-20,24,26-30H,21-23,25H2.